The fourth-order valence-electron chi connectivity index (χ4n) is 4.72. The molecule has 0 saturated carbocycles. The van der Waals surface area contributed by atoms with Gasteiger partial charge in [0.05, 0.1) is 12.0 Å². The normalized spacial score (nSPS) is 15.8. The average Bonchev–Trinajstić information content (AvgIpc) is 2.88. The van der Waals surface area contributed by atoms with Crippen LogP contribution in [0.2, 0.25) is 0 Å². The first-order valence-electron chi connectivity index (χ1n) is 12.8. The van der Waals surface area contributed by atoms with Gasteiger partial charge in [-0.05, 0) is 76.4 Å². The van der Waals surface area contributed by atoms with Gasteiger partial charge in [0.1, 0.15) is 5.84 Å². The van der Waals surface area contributed by atoms with Gasteiger partial charge in [-0.15, -0.1) is 0 Å². The van der Waals surface area contributed by atoms with Gasteiger partial charge < -0.3 is 19.6 Å². The second kappa shape index (κ2) is 12.8. The number of carboxylic acid groups (broad SMARTS) is 1. The standard InChI is InChI=1S/C29H41N3O3/c1-5-35-22-21-32(26-9-7-6-8-10-26)27(30-4)24-16-19-31(20-17-24)18-15-23-11-13-25(14-12-23)29(2,3)28(33)34/h6-14,24H,5,15-22H2,1-4H3,(H,33,34). The number of amidine groups is 1. The Labute approximate surface area is 210 Å². The number of piperidine rings is 1. The largest absolute Gasteiger partial charge is 0.481 e. The number of benzene rings is 2. The highest BCUT2D eigenvalue weighted by molar-refractivity contribution is 5.99. The Hall–Kier alpha value is -2.70. The molecule has 190 valence electrons. The highest BCUT2D eigenvalue weighted by atomic mass is 16.5. The second-order valence-electron chi connectivity index (χ2n) is 9.76. The molecule has 1 heterocycles. The SMILES string of the molecule is CCOCCN(C(=NC)C1CCN(CCc2ccc(C(C)(C)C(=O)O)cc2)CC1)c1ccccc1. The van der Waals surface area contributed by atoms with Crippen molar-refractivity contribution >= 4 is 17.5 Å². The molecule has 0 atom stereocenters. The highest BCUT2D eigenvalue weighted by Gasteiger charge is 2.29. The lowest BCUT2D eigenvalue weighted by Crippen LogP contribution is -2.44. The summed E-state index contributed by atoms with van der Waals surface area (Å²) in [7, 11) is 1.91. The van der Waals surface area contributed by atoms with Crippen molar-refractivity contribution in [3.63, 3.8) is 0 Å². The third-order valence-corrected chi connectivity index (χ3v) is 7.12. The molecule has 0 spiro atoms. The summed E-state index contributed by atoms with van der Waals surface area (Å²) in [5, 5.41) is 9.44. The summed E-state index contributed by atoms with van der Waals surface area (Å²) in [5.74, 6) is 0.801. The number of ether oxygens (including phenoxy) is 1. The number of hydrogen-bond acceptors (Lipinski definition) is 4. The van der Waals surface area contributed by atoms with E-state index in [1.54, 1.807) is 13.8 Å². The number of aliphatic imine (C=N–C) groups is 1. The van der Waals surface area contributed by atoms with Crippen molar-refractivity contribution < 1.29 is 14.6 Å². The minimum Gasteiger partial charge on any atom is -0.481 e. The van der Waals surface area contributed by atoms with Crippen molar-refractivity contribution in [3.8, 4) is 0 Å². The Morgan fingerprint density at radius 3 is 2.34 bits per heavy atom. The smallest absolute Gasteiger partial charge is 0.313 e. The zero-order valence-electron chi connectivity index (χ0n) is 21.7. The van der Waals surface area contributed by atoms with Gasteiger partial charge in [-0.3, -0.25) is 9.79 Å². The number of rotatable bonds is 11. The molecule has 0 radical (unpaired) electrons. The minimum absolute atomic E-state index is 0.440. The van der Waals surface area contributed by atoms with Crippen molar-refractivity contribution in [2.45, 2.75) is 45.4 Å². The molecule has 3 rings (SSSR count). The van der Waals surface area contributed by atoms with Crippen molar-refractivity contribution in [3.05, 3.63) is 65.7 Å². The fraction of sp³-hybridized carbons (Fsp3) is 0.517. The number of anilines is 1. The van der Waals surface area contributed by atoms with E-state index in [1.165, 1.54) is 11.3 Å². The van der Waals surface area contributed by atoms with Crippen LogP contribution in [0.1, 0.15) is 44.7 Å². The summed E-state index contributed by atoms with van der Waals surface area (Å²) in [6, 6.07) is 18.6. The molecular weight excluding hydrogens is 438 g/mol. The monoisotopic (exact) mass is 479 g/mol. The molecule has 0 bridgehead atoms. The molecule has 1 aliphatic rings. The molecule has 1 fully saturated rings. The molecule has 1 saturated heterocycles. The van der Waals surface area contributed by atoms with Crippen molar-refractivity contribution in [1.82, 2.24) is 4.90 Å². The minimum atomic E-state index is -0.866. The van der Waals surface area contributed by atoms with Gasteiger partial charge in [-0.2, -0.15) is 0 Å². The predicted octanol–water partition coefficient (Wildman–Crippen LogP) is 4.87. The molecule has 1 aliphatic heterocycles. The molecular formula is C29H41N3O3. The Bertz CT molecular complexity index is 949. The van der Waals surface area contributed by atoms with E-state index in [0.29, 0.717) is 12.5 Å². The van der Waals surface area contributed by atoms with E-state index in [2.05, 4.69) is 46.2 Å². The third-order valence-electron chi connectivity index (χ3n) is 7.12. The van der Waals surface area contributed by atoms with Crippen LogP contribution in [0.15, 0.2) is 59.6 Å². The van der Waals surface area contributed by atoms with Crippen LogP contribution in [0, 0.1) is 5.92 Å². The van der Waals surface area contributed by atoms with Gasteiger partial charge in [0.2, 0.25) is 0 Å². The van der Waals surface area contributed by atoms with E-state index < -0.39 is 11.4 Å². The molecule has 0 amide bonds. The van der Waals surface area contributed by atoms with Crippen LogP contribution in [0.3, 0.4) is 0 Å². The van der Waals surface area contributed by atoms with E-state index >= 15 is 0 Å². The van der Waals surface area contributed by atoms with E-state index in [9.17, 15) is 9.90 Å². The Morgan fingerprint density at radius 1 is 1.11 bits per heavy atom. The summed E-state index contributed by atoms with van der Waals surface area (Å²) in [4.78, 5) is 21.1. The number of aliphatic carboxylic acids is 1. The number of likely N-dealkylation sites (tertiary alicyclic amines) is 1. The van der Waals surface area contributed by atoms with Crippen LogP contribution in [-0.2, 0) is 21.4 Å². The van der Waals surface area contributed by atoms with Gasteiger partial charge in [0.25, 0.3) is 0 Å². The Morgan fingerprint density at radius 2 is 1.77 bits per heavy atom. The Balaban J connectivity index is 1.55. The zero-order chi connectivity index (χ0) is 25.3. The average molecular weight is 480 g/mol. The summed E-state index contributed by atoms with van der Waals surface area (Å²) >= 11 is 0. The lowest BCUT2D eigenvalue weighted by molar-refractivity contribution is -0.142. The first-order valence-corrected chi connectivity index (χ1v) is 12.8. The molecule has 2 aromatic carbocycles. The Kier molecular flexibility index (Phi) is 9.87. The van der Waals surface area contributed by atoms with Crippen LogP contribution < -0.4 is 4.90 Å². The van der Waals surface area contributed by atoms with Crippen LogP contribution in [0.25, 0.3) is 0 Å². The number of nitrogens with zero attached hydrogens (tertiary/aromatic N) is 3. The predicted molar refractivity (Wildman–Crippen MR) is 144 cm³/mol. The molecule has 6 heteroatoms. The van der Waals surface area contributed by atoms with E-state index in [0.717, 1.165) is 63.4 Å². The zero-order valence-corrected chi connectivity index (χ0v) is 21.7. The summed E-state index contributed by atoms with van der Waals surface area (Å²) in [6.45, 7) is 10.9. The van der Waals surface area contributed by atoms with Crippen molar-refractivity contribution in [2.75, 3.05) is 51.3 Å². The summed E-state index contributed by atoms with van der Waals surface area (Å²) in [6.07, 6.45) is 3.16. The first-order chi connectivity index (χ1) is 16.9. The molecule has 6 nitrogen and oxygen atoms in total. The van der Waals surface area contributed by atoms with Crippen molar-refractivity contribution in [1.29, 1.82) is 0 Å². The lowest BCUT2D eigenvalue weighted by Gasteiger charge is -2.36. The third kappa shape index (κ3) is 7.15. The van der Waals surface area contributed by atoms with E-state index in [4.69, 9.17) is 9.73 Å². The van der Waals surface area contributed by atoms with Gasteiger partial charge in [0.15, 0.2) is 0 Å². The summed E-state index contributed by atoms with van der Waals surface area (Å²) < 4.78 is 5.66. The van der Waals surface area contributed by atoms with Crippen molar-refractivity contribution in [2.24, 2.45) is 10.9 Å². The van der Waals surface area contributed by atoms with E-state index in [1.807, 2.05) is 32.2 Å². The maximum Gasteiger partial charge on any atom is 0.313 e. The van der Waals surface area contributed by atoms with Gasteiger partial charge >= 0.3 is 5.97 Å². The van der Waals surface area contributed by atoms with Gasteiger partial charge in [-0.1, -0.05) is 42.5 Å². The molecule has 0 unspecified atom stereocenters. The fourth-order valence-corrected chi connectivity index (χ4v) is 4.72. The molecule has 2 aromatic rings. The van der Waals surface area contributed by atoms with Crippen LogP contribution in [0.4, 0.5) is 5.69 Å². The van der Waals surface area contributed by atoms with E-state index in [-0.39, 0.29) is 0 Å². The quantitative estimate of drug-likeness (QED) is 0.283. The van der Waals surface area contributed by atoms with Gasteiger partial charge in [-0.25, -0.2) is 0 Å². The van der Waals surface area contributed by atoms with Crippen LogP contribution in [0.5, 0.6) is 0 Å². The number of carboxylic acids is 1. The molecule has 0 aromatic heterocycles. The van der Waals surface area contributed by atoms with Gasteiger partial charge in [0, 0.05) is 38.3 Å². The van der Waals surface area contributed by atoms with Crippen LogP contribution >= 0.6 is 0 Å². The maximum absolute atomic E-state index is 11.5. The number of hydrogen-bond donors (Lipinski definition) is 1. The highest BCUT2D eigenvalue weighted by Crippen LogP contribution is 2.26. The molecule has 35 heavy (non-hydrogen) atoms. The topological polar surface area (TPSA) is 65.4 Å². The second-order valence-corrected chi connectivity index (χ2v) is 9.76. The number of carbonyl (C=O) groups is 1. The maximum atomic E-state index is 11.5. The lowest BCUT2D eigenvalue weighted by atomic mass is 9.84. The molecule has 0 aliphatic carbocycles. The molecule has 1 N–H and O–H groups in total. The first kappa shape index (κ1) is 26.9. The number of para-hydroxylation sites is 1. The van der Waals surface area contributed by atoms with Crippen LogP contribution in [-0.4, -0.2) is 68.3 Å². The summed E-state index contributed by atoms with van der Waals surface area (Å²) in [5.41, 5.74) is 2.40.